The first-order chi connectivity index (χ1) is 9.47. The molecule has 0 radical (unpaired) electrons. The van der Waals surface area contributed by atoms with Crippen LogP contribution in [0.2, 0.25) is 0 Å². The molecule has 0 fully saturated rings. The van der Waals surface area contributed by atoms with Gasteiger partial charge in [-0.15, -0.1) is 0 Å². The first-order valence-electron chi connectivity index (χ1n) is 5.75. The van der Waals surface area contributed by atoms with Gasteiger partial charge in [0.05, 0.1) is 12.2 Å². The number of rotatable bonds is 5. The van der Waals surface area contributed by atoms with Gasteiger partial charge >= 0.3 is 5.97 Å². The largest absolute Gasteiger partial charge is 0.476 e. The van der Waals surface area contributed by atoms with Crippen LogP contribution in [0.3, 0.4) is 0 Å². The van der Waals surface area contributed by atoms with E-state index >= 15 is 0 Å². The Morgan fingerprint density at radius 2 is 2.15 bits per heavy atom. The molecule has 2 aromatic heterocycles. The van der Waals surface area contributed by atoms with Crippen molar-refractivity contribution in [2.45, 2.75) is 20.4 Å². The van der Waals surface area contributed by atoms with E-state index in [0.717, 1.165) is 17.0 Å². The van der Waals surface area contributed by atoms with E-state index < -0.39 is 5.97 Å². The van der Waals surface area contributed by atoms with E-state index in [2.05, 4.69) is 20.3 Å². The Kier molecular flexibility index (Phi) is 4.04. The number of anilines is 1. The lowest BCUT2D eigenvalue weighted by Gasteiger charge is -2.02. The highest BCUT2D eigenvalue weighted by Crippen LogP contribution is 2.24. The molecule has 0 aliphatic rings. The maximum Gasteiger partial charge on any atom is 0.356 e. The molecule has 0 bridgehead atoms. The number of carboxylic acid groups (broad SMARTS) is 1. The van der Waals surface area contributed by atoms with E-state index in [-0.39, 0.29) is 16.4 Å². The molecule has 0 unspecified atom stereocenters. The van der Waals surface area contributed by atoms with Crippen molar-refractivity contribution in [2.75, 3.05) is 5.32 Å². The number of carboxylic acids is 1. The van der Waals surface area contributed by atoms with E-state index in [0.29, 0.717) is 17.5 Å². The highest BCUT2D eigenvalue weighted by Gasteiger charge is 2.20. The topological polar surface area (TPSA) is 105 Å². The quantitative estimate of drug-likeness (QED) is 0.809. The second-order valence-electron chi connectivity index (χ2n) is 4.01. The predicted molar refractivity (Wildman–Crippen MR) is 73.2 cm³/mol. The molecule has 2 aromatic rings. The SMILES string of the molecule is CC(=O)c1sc(NCc2ccnc(C)n2)nc1C(=O)O. The number of aryl methyl sites for hydroxylation is 1. The summed E-state index contributed by atoms with van der Waals surface area (Å²) in [6, 6.07) is 1.75. The lowest BCUT2D eigenvalue weighted by Crippen LogP contribution is -2.05. The molecule has 2 rings (SSSR count). The zero-order chi connectivity index (χ0) is 14.7. The second-order valence-corrected chi connectivity index (χ2v) is 5.01. The fourth-order valence-electron chi connectivity index (χ4n) is 1.55. The Morgan fingerprint density at radius 3 is 2.70 bits per heavy atom. The van der Waals surface area contributed by atoms with Gasteiger partial charge in [0.2, 0.25) is 0 Å². The maximum atomic E-state index is 11.4. The van der Waals surface area contributed by atoms with Crippen LogP contribution in [0.15, 0.2) is 12.3 Å². The average Bonchev–Trinajstić information content (AvgIpc) is 2.81. The van der Waals surface area contributed by atoms with Gasteiger partial charge in [0.1, 0.15) is 10.7 Å². The molecule has 0 aromatic carbocycles. The van der Waals surface area contributed by atoms with Gasteiger partial charge < -0.3 is 10.4 Å². The molecule has 0 saturated carbocycles. The van der Waals surface area contributed by atoms with Gasteiger partial charge in [-0.25, -0.2) is 19.7 Å². The van der Waals surface area contributed by atoms with Crippen LogP contribution < -0.4 is 5.32 Å². The lowest BCUT2D eigenvalue weighted by molar-refractivity contribution is 0.0687. The zero-order valence-corrected chi connectivity index (χ0v) is 11.7. The summed E-state index contributed by atoms with van der Waals surface area (Å²) in [6.07, 6.45) is 1.64. The van der Waals surface area contributed by atoms with Crippen LogP contribution in [-0.2, 0) is 6.54 Å². The molecule has 0 saturated heterocycles. The summed E-state index contributed by atoms with van der Waals surface area (Å²) in [6.45, 7) is 3.48. The van der Waals surface area contributed by atoms with Crippen molar-refractivity contribution < 1.29 is 14.7 Å². The lowest BCUT2D eigenvalue weighted by atomic mass is 10.3. The molecule has 0 aliphatic heterocycles. The third-order valence-corrected chi connectivity index (χ3v) is 3.52. The first kappa shape index (κ1) is 14.1. The van der Waals surface area contributed by atoms with Gasteiger partial charge in [0, 0.05) is 13.1 Å². The molecule has 104 valence electrons. The van der Waals surface area contributed by atoms with Gasteiger partial charge in [0.15, 0.2) is 16.6 Å². The number of carbonyl (C=O) groups excluding carboxylic acids is 1. The van der Waals surface area contributed by atoms with Crippen molar-refractivity contribution in [3.63, 3.8) is 0 Å². The van der Waals surface area contributed by atoms with Crippen LogP contribution in [0.25, 0.3) is 0 Å². The van der Waals surface area contributed by atoms with Gasteiger partial charge in [0.25, 0.3) is 0 Å². The minimum atomic E-state index is -1.21. The molecule has 2 N–H and O–H groups in total. The summed E-state index contributed by atoms with van der Waals surface area (Å²) in [4.78, 5) is 34.6. The van der Waals surface area contributed by atoms with Gasteiger partial charge in [-0.1, -0.05) is 11.3 Å². The summed E-state index contributed by atoms with van der Waals surface area (Å²) in [5.41, 5.74) is 0.540. The predicted octanol–water partition coefficient (Wildman–Crippen LogP) is 1.75. The molecule has 0 amide bonds. The molecular weight excluding hydrogens is 280 g/mol. The van der Waals surface area contributed by atoms with E-state index in [1.807, 2.05) is 0 Å². The van der Waals surface area contributed by atoms with Crippen molar-refractivity contribution >= 4 is 28.2 Å². The number of aromatic nitrogens is 3. The fraction of sp³-hybridized carbons (Fsp3) is 0.250. The molecule has 0 aliphatic carbocycles. The highest BCUT2D eigenvalue weighted by molar-refractivity contribution is 7.17. The summed E-state index contributed by atoms with van der Waals surface area (Å²) < 4.78 is 0. The second kappa shape index (κ2) is 5.74. The first-order valence-corrected chi connectivity index (χ1v) is 6.56. The van der Waals surface area contributed by atoms with Gasteiger partial charge in [-0.2, -0.15) is 0 Å². The van der Waals surface area contributed by atoms with E-state index in [4.69, 9.17) is 5.11 Å². The average molecular weight is 292 g/mol. The highest BCUT2D eigenvalue weighted by atomic mass is 32.1. The Bertz CT molecular complexity index is 637. The maximum absolute atomic E-state index is 11.4. The minimum Gasteiger partial charge on any atom is -0.476 e. The number of carbonyl (C=O) groups is 2. The molecule has 2 heterocycles. The van der Waals surface area contributed by atoms with E-state index in [9.17, 15) is 9.59 Å². The van der Waals surface area contributed by atoms with Crippen LogP contribution in [0, 0.1) is 6.92 Å². The standard InChI is InChI=1S/C12H12N4O3S/c1-6(17)10-9(11(18)19)16-12(20-10)14-5-8-3-4-13-7(2)15-8/h3-4H,5H2,1-2H3,(H,14,16)(H,18,19). The summed E-state index contributed by atoms with van der Waals surface area (Å²) in [7, 11) is 0. The molecular formula is C12H12N4O3S. The number of nitrogens with one attached hydrogen (secondary N) is 1. The molecule has 0 atom stereocenters. The van der Waals surface area contributed by atoms with Crippen molar-refractivity contribution in [2.24, 2.45) is 0 Å². The third kappa shape index (κ3) is 3.15. The Hall–Kier alpha value is -2.35. The van der Waals surface area contributed by atoms with Crippen molar-refractivity contribution in [1.82, 2.24) is 15.0 Å². The summed E-state index contributed by atoms with van der Waals surface area (Å²) in [5, 5.41) is 12.3. The zero-order valence-electron chi connectivity index (χ0n) is 10.9. The van der Waals surface area contributed by atoms with Crippen LogP contribution in [0.1, 0.15) is 38.6 Å². The van der Waals surface area contributed by atoms with Gasteiger partial charge in [-0.3, -0.25) is 4.79 Å². The molecule has 20 heavy (non-hydrogen) atoms. The summed E-state index contributed by atoms with van der Waals surface area (Å²) in [5.74, 6) is -0.873. The number of thiazole rings is 1. The molecule has 0 spiro atoms. The van der Waals surface area contributed by atoms with Crippen molar-refractivity contribution in [3.8, 4) is 0 Å². The Morgan fingerprint density at radius 1 is 1.40 bits per heavy atom. The number of ketones is 1. The minimum absolute atomic E-state index is 0.138. The van der Waals surface area contributed by atoms with E-state index in [1.165, 1.54) is 6.92 Å². The van der Waals surface area contributed by atoms with E-state index in [1.54, 1.807) is 19.2 Å². The van der Waals surface area contributed by atoms with Crippen LogP contribution in [0.4, 0.5) is 5.13 Å². The van der Waals surface area contributed by atoms with Gasteiger partial charge in [-0.05, 0) is 13.0 Å². The fourth-order valence-corrected chi connectivity index (χ4v) is 2.40. The normalized spacial score (nSPS) is 10.3. The smallest absolute Gasteiger partial charge is 0.356 e. The van der Waals surface area contributed by atoms with Crippen molar-refractivity contribution in [1.29, 1.82) is 0 Å². The Balaban J connectivity index is 2.16. The third-order valence-electron chi connectivity index (χ3n) is 2.40. The molecule has 7 nitrogen and oxygen atoms in total. The molecule has 8 heteroatoms. The number of aromatic carboxylic acids is 1. The number of Topliss-reactive ketones (excluding diaryl/α,β-unsaturated/α-hetero) is 1. The number of hydrogen-bond acceptors (Lipinski definition) is 7. The van der Waals surface area contributed by atoms with Crippen molar-refractivity contribution in [3.05, 3.63) is 34.4 Å². The van der Waals surface area contributed by atoms with Crippen LogP contribution in [0.5, 0.6) is 0 Å². The Labute approximate surface area is 118 Å². The number of nitrogens with zero attached hydrogens (tertiary/aromatic N) is 3. The van der Waals surface area contributed by atoms with Crippen LogP contribution in [-0.4, -0.2) is 31.8 Å². The van der Waals surface area contributed by atoms with Crippen LogP contribution >= 0.6 is 11.3 Å². The number of hydrogen-bond donors (Lipinski definition) is 2. The summed E-state index contributed by atoms with van der Waals surface area (Å²) >= 11 is 1.02. The monoisotopic (exact) mass is 292 g/mol.